The van der Waals surface area contributed by atoms with Crippen molar-refractivity contribution < 1.29 is 14.7 Å². The number of hydrogen-bond donors (Lipinski definition) is 1. The average molecular weight is 593 g/mol. The SMILES string of the molecule is CCn1c(N2CCC(Cc3ccccc3)CC2)c(/C=C2\SC(=S)N(CCCCCC(=O)O)C2=O)c(C)c(C#N)c1=O. The lowest BCUT2D eigenvalue weighted by Crippen LogP contribution is -2.39. The molecular weight excluding hydrogens is 556 g/mol. The Morgan fingerprint density at radius 1 is 1.17 bits per heavy atom. The maximum Gasteiger partial charge on any atom is 0.303 e. The van der Waals surface area contributed by atoms with Gasteiger partial charge in [0.2, 0.25) is 0 Å². The number of carbonyl (C=O) groups excluding carboxylic acids is 1. The van der Waals surface area contributed by atoms with Crippen LogP contribution in [0.2, 0.25) is 0 Å². The monoisotopic (exact) mass is 592 g/mol. The molecule has 0 unspecified atom stereocenters. The second-order valence-corrected chi connectivity index (χ2v) is 12.2. The van der Waals surface area contributed by atoms with E-state index in [1.165, 1.54) is 17.3 Å². The molecule has 0 bridgehead atoms. The number of unbranched alkanes of at least 4 members (excludes halogenated alkanes) is 2. The Hall–Kier alpha value is -3.42. The zero-order chi connectivity index (χ0) is 29.5. The van der Waals surface area contributed by atoms with Gasteiger partial charge in [0.05, 0.1) is 4.91 Å². The number of hydrogen-bond acceptors (Lipinski definition) is 7. The molecule has 41 heavy (non-hydrogen) atoms. The summed E-state index contributed by atoms with van der Waals surface area (Å²) in [6.07, 6.45) is 6.81. The Morgan fingerprint density at radius 2 is 1.88 bits per heavy atom. The van der Waals surface area contributed by atoms with Crippen LogP contribution in [-0.4, -0.2) is 50.4 Å². The summed E-state index contributed by atoms with van der Waals surface area (Å²) in [6.45, 7) is 6.07. The highest BCUT2D eigenvalue weighted by atomic mass is 32.2. The molecule has 2 fully saturated rings. The summed E-state index contributed by atoms with van der Waals surface area (Å²) in [6, 6.07) is 12.6. The van der Waals surface area contributed by atoms with Crippen LogP contribution in [0.25, 0.3) is 6.08 Å². The van der Waals surface area contributed by atoms with Crippen LogP contribution in [0, 0.1) is 24.2 Å². The van der Waals surface area contributed by atoms with Crippen LogP contribution in [0.4, 0.5) is 5.82 Å². The molecule has 0 aliphatic carbocycles. The molecule has 1 N–H and O–H groups in total. The lowest BCUT2D eigenvalue weighted by Gasteiger charge is -2.36. The van der Waals surface area contributed by atoms with Crippen molar-refractivity contribution in [2.75, 3.05) is 24.5 Å². The first-order chi connectivity index (χ1) is 19.7. The Kier molecular flexibility index (Phi) is 10.4. The molecule has 1 aromatic carbocycles. The molecule has 10 heteroatoms. The minimum absolute atomic E-state index is 0.0923. The molecule has 2 saturated heterocycles. The van der Waals surface area contributed by atoms with Gasteiger partial charge in [-0.1, -0.05) is 60.7 Å². The summed E-state index contributed by atoms with van der Waals surface area (Å²) >= 11 is 6.75. The van der Waals surface area contributed by atoms with E-state index in [1.54, 1.807) is 22.5 Å². The Balaban J connectivity index is 1.60. The fraction of sp³-hybridized carbons (Fsp3) is 0.452. The van der Waals surface area contributed by atoms with Crippen molar-refractivity contribution in [2.24, 2.45) is 5.92 Å². The van der Waals surface area contributed by atoms with Gasteiger partial charge < -0.3 is 10.0 Å². The fourth-order valence-corrected chi connectivity index (χ4v) is 6.91. The average Bonchev–Trinajstić information content (AvgIpc) is 3.22. The highest BCUT2D eigenvalue weighted by Crippen LogP contribution is 2.37. The largest absolute Gasteiger partial charge is 0.481 e. The quantitative estimate of drug-likeness (QED) is 0.211. The number of piperidine rings is 1. The first kappa shape index (κ1) is 30.5. The molecule has 4 rings (SSSR count). The van der Waals surface area contributed by atoms with E-state index < -0.39 is 5.97 Å². The van der Waals surface area contributed by atoms with Gasteiger partial charge in [-0.3, -0.25) is 23.9 Å². The van der Waals surface area contributed by atoms with Crippen molar-refractivity contribution in [1.82, 2.24) is 9.47 Å². The molecule has 3 heterocycles. The molecule has 2 aliphatic rings. The number of aliphatic carboxylic acids is 1. The molecule has 8 nitrogen and oxygen atoms in total. The number of thiocarbonyl (C=S) groups is 1. The number of carboxylic acids is 1. The van der Waals surface area contributed by atoms with Gasteiger partial charge in [-0.2, -0.15) is 5.26 Å². The van der Waals surface area contributed by atoms with Crippen molar-refractivity contribution in [3.05, 3.63) is 67.8 Å². The van der Waals surface area contributed by atoms with Crippen LogP contribution in [0.15, 0.2) is 40.0 Å². The van der Waals surface area contributed by atoms with Gasteiger partial charge >= 0.3 is 5.97 Å². The number of carbonyl (C=O) groups is 2. The normalized spacial score (nSPS) is 17.0. The van der Waals surface area contributed by atoms with Gasteiger partial charge in [-0.05, 0) is 69.1 Å². The third kappa shape index (κ3) is 7.08. The first-order valence-electron chi connectivity index (χ1n) is 14.2. The molecular formula is C31H36N4O4S2. The molecule has 2 aliphatic heterocycles. The van der Waals surface area contributed by atoms with Crippen LogP contribution < -0.4 is 10.5 Å². The molecule has 1 amide bonds. The van der Waals surface area contributed by atoms with Crippen molar-refractivity contribution in [2.45, 2.75) is 65.3 Å². The molecule has 2 aromatic rings. The van der Waals surface area contributed by atoms with Crippen LogP contribution in [0.1, 0.15) is 67.7 Å². The zero-order valence-electron chi connectivity index (χ0n) is 23.6. The van der Waals surface area contributed by atoms with E-state index in [-0.39, 0.29) is 23.5 Å². The van der Waals surface area contributed by atoms with Gasteiger partial charge in [0.15, 0.2) is 0 Å². The van der Waals surface area contributed by atoms with Crippen LogP contribution in [0.5, 0.6) is 0 Å². The van der Waals surface area contributed by atoms with E-state index >= 15 is 0 Å². The Morgan fingerprint density at radius 3 is 2.51 bits per heavy atom. The summed E-state index contributed by atoms with van der Waals surface area (Å²) in [4.78, 5) is 41.8. The van der Waals surface area contributed by atoms with E-state index in [2.05, 4.69) is 35.2 Å². The lowest BCUT2D eigenvalue weighted by molar-refractivity contribution is -0.137. The maximum absolute atomic E-state index is 13.4. The molecule has 0 spiro atoms. The molecule has 0 atom stereocenters. The lowest BCUT2D eigenvalue weighted by atomic mass is 9.90. The number of amides is 1. The number of nitrogens with zero attached hydrogens (tertiary/aromatic N) is 4. The third-order valence-electron chi connectivity index (χ3n) is 7.87. The fourth-order valence-electron chi connectivity index (χ4n) is 5.62. The molecule has 1 aromatic heterocycles. The maximum atomic E-state index is 13.4. The smallest absolute Gasteiger partial charge is 0.303 e. The number of thioether (sulfide) groups is 1. The van der Waals surface area contributed by atoms with Gasteiger partial charge in [0, 0.05) is 38.2 Å². The van der Waals surface area contributed by atoms with E-state index in [0.29, 0.717) is 58.6 Å². The van der Waals surface area contributed by atoms with Crippen LogP contribution >= 0.6 is 24.0 Å². The van der Waals surface area contributed by atoms with Crippen molar-refractivity contribution in [3.8, 4) is 6.07 Å². The molecule has 216 valence electrons. The van der Waals surface area contributed by atoms with E-state index in [9.17, 15) is 19.6 Å². The van der Waals surface area contributed by atoms with Gasteiger partial charge in [0.1, 0.15) is 21.8 Å². The number of benzene rings is 1. The highest BCUT2D eigenvalue weighted by molar-refractivity contribution is 8.26. The van der Waals surface area contributed by atoms with Gasteiger partial charge in [0.25, 0.3) is 11.5 Å². The first-order valence-corrected chi connectivity index (χ1v) is 15.4. The topological polar surface area (TPSA) is 107 Å². The predicted octanol–water partition coefficient (Wildman–Crippen LogP) is 5.35. The van der Waals surface area contributed by atoms with E-state index in [1.807, 2.05) is 13.0 Å². The summed E-state index contributed by atoms with van der Waals surface area (Å²) < 4.78 is 2.13. The Bertz CT molecular complexity index is 1440. The number of pyridine rings is 1. The standard InChI is InChI=1S/C31H36N4O4S2/c1-3-34-28(33-16-13-23(14-17-33)18-22-10-6-4-7-11-22)24(21(2)25(20-32)29(34)38)19-26-30(39)35(31(40)41-26)15-9-5-8-12-27(36)37/h4,6-7,10-11,19,23H,3,5,8-9,12-18H2,1-2H3,(H,36,37)/b26-19-. The van der Waals surface area contributed by atoms with Gasteiger partial charge in [-0.25, -0.2) is 0 Å². The Labute approximate surface area is 250 Å². The summed E-state index contributed by atoms with van der Waals surface area (Å²) in [5.74, 6) is 0.282. The number of carboxylic acid groups (broad SMARTS) is 1. The molecule has 0 saturated carbocycles. The molecule has 0 radical (unpaired) electrons. The predicted molar refractivity (Wildman–Crippen MR) is 167 cm³/mol. The van der Waals surface area contributed by atoms with Crippen molar-refractivity contribution in [1.29, 1.82) is 5.26 Å². The minimum Gasteiger partial charge on any atom is -0.481 e. The summed E-state index contributed by atoms with van der Waals surface area (Å²) in [7, 11) is 0. The van der Waals surface area contributed by atoms with Crippen molar-refractivity contribution in [3.63, 3.8) is 0 Å². The van der Waals surface area contributed by atoms with E-state index in [0.717, 1.165) is 38.2 Å². The van der Waals surface area contributed by atoms with Gasteiger partial charge in [-0.15, -0.1) is 0 Å². The minimum atomic E-state index is -0.824. The second-order valence-electron chi connectivity index (χ2n) is 10.6. The number of rotatable bonds is 11. The van der Waals surface area contributed by atoms with Crippen LogP contribution in [0.3, 0.4) is 0 Å². The summed E-state index contributed by atoms with van der Waals surface area (Å²) in [5.41, 5.74) is 2.40. The second kappa shape index (κ2) is 14.0. The van der Waals surface area contributed by atoms with E-state index in [4.69, 9.17) is 17.3 Å². The highest BCUT2D eigenvalue weighted by Gasteiger charge is 2.33. The summed E-state index contributed by atoms with van der Waals surface area (Å²) in [5, 5.41) is 18.7. The van der Waals surface area contributed by atoms with Crippen molar-refractivity contribution >= 4 is 52.1 Å². The number of nitriles is 1. The third-order valence-corrected chi connectivity index (χ3v) is 9.24. The number of anilines is 1. The number of aromatic nitrogens is 1. The van der Waals surface area contributed by atoms with Crippen LogP contribution in [-0.2, 0) is 22.6 Å². The zero-order valence-corrected chi connectivity index (χ0v) is 25.2.